The number of rotatable bonds is 10. The van der Waals surface area contributed by atoms with Crippen molar-refractivity contribution in [3.63, 3.8) is 0 Å². The van der Waals surface area contributed by atoms with Gasteiger partial charge in [0.2, 0.25) is 0 Å². The molecule has 0 aliphatic carbocycles. The molecule has 4 rings (SSSR count). The van der Waals surface area contributed by atoms with Gasteiger partial charge in [-0.1, -0.05) is 76.5 Å². The van der Waals surface area contributed by atoms with Gasteiger partial charge in [-0.3, -0.25) is 4.67 Å². The van der Waals surface area contributed by atoms with E-state index < -0.39 is 0 Å². The highest BCUT2D eigenvalue weighted by Crippen LogP contribution is 2.38. The molecular weight excluding hydrogens is 577 g/mol. The predicted octanol–water partition coefficient (Wildman–Crippen LogP) is 9.37. The quantitative estimate of drug-likeness (QED) is 0.172. The van der Waals surface area contributed by atoms with Crippen molar-refractivity contribution in [3.05, 3.63) is 0 Å². The lowest BCUT2D eigenvalue weighted by Gasteiger charge is -2.41. The van der Waals surface area contributed by atoms with Gasteiger partial charge in [0.05, 0.1) is 0 Å². The monoisotopic (exact) mass is 660 g/mol. The van der Waals surface area contributed by atoms with Crippen LogP contribution in [0.4, 0.5) is 0 Å². The van der Waals surface area contributed by atoms with Gasteiger partial charge >= 0.3 is 0 Å². The molecule has 0 N–H and O–H groups in total. The van der Waals surface area contributed by atoms with Crippen LogP contribution in [0, 0.1) is 10.8 Å². The second kappa shape index (κ2) is 28.1. The van der Waals surface area contributed by atoms with Crippen molar-refractivity contribution >= 4 is 8.73 Å². The van der Waals surface area contributed by atoms with Gasteiger partial charge in [0.1, 0.15) is 0 Å². The minimum Gasteiger partial charge on any atom is -0.381 e. The Labute approximate surface area is 285 Å². The van der Waals surface area contributed by atoms with Gasteiger partial charge in [0.25, 0.3) is 0 Å². The number of unbranched alkanes of at least 4 members (excludes halogenated alkanes) is 2. The molecule has 4 heterocycles. The van der Waals surface area contributed by atoms with Crippen LogP contribution in [0.5, 0.6) is 0 Å². The first-order valence-corrected chi connectivity index (χ1v) is 20.3. The molecule has 0 bridgehead atoms. The Kier molecular flexibility index (Phi) is 28.2. The number of likely N-dealkylation sites (tertiary alicyclic amines) is 1. The fourth-order valence-corrected chi connectivity index (χ4v) is 8.03. The van der Waals surface area contributed by atoms with E-state index in [1.165, 1.54) is 122 Å². The van der Waals surface area contributed by atoms with Gasteiger partial charge in [-0.15, -0.1) is 0 Å². The summed E-state index contributed by atoms with van der Waals surface area (Å²) >= 11 is 0. The molecule has 4 fully saturated rings. The SMILES string of the molecule is C.CC.CCCCCN(PC)C1CCOCC1.CCN(C)CCC1(C)CCCOCC1.CN1CCCCCC2(CCOCC2)C1. The standard InChI is InChI=1S/C12H23NO.C12H25NO.C11H24NOP.C2H6.CH4/c1-13-8-4-2-3-5-12(11-13)6-9-14-10-7-12;1-4-13(3)9-7-12(2)6-5-10-14-11-8-12;1-3-4-5-8-12(14-2)11-6-9-13-10-7-11;1-2;/h2-11H2,1H3;4-11H2,1-3H3;11,14H,3-10H2,1-2H3;1-2H3;1H4. The molecule has 272 valence electrons. The fraction of sp³-hybridized carbons (Fsp3) is 1.00. The molecule has 0 amide bonds. The molecule has 2 atom stereocenters. The van der Waals surface area contributed by atoms with Crippen LogP contribution < -0.4 is 0 Å². The Morgan fingerprint density at radius 3 is 2.07 bits per heavy atom. The number of nitrogens with zero attached hydrogens (tertiary/aromatic N) is 3. The molecule has 45 heavy (non-hydrogen) atoms. The van der Waals surface area contributed by atoms with E-state index in [1.807, 2.05) is 13.8 Å². The van der Waals surface area contributed by atoms with Crippen LogP contribution >= 0.6 is 8.73 Å². The topological polar surface area (TPSA) is 37.4 Å². The zero-order valence-corrected chi connectivity index (χ0v) is 32.0. The average Bonchev–Trinajstić information content (AvgIpc) is 3.28. The van der Waals surface area contributed by atoms with Crippen molar-refractivity contribution in [2.45, 2.75) is 144 Å². The zero-order valence-electron chi connectivity index (χ0n) is 31.0. The normalized spacial score (nSPS) is 24.7. The van der Waals surface area contributed by atoms with Crippen molar-refractivity contribution in [2.75, 3.05) is 93.1 Å². The van der Waals surface area contributed by atoms with E-state index in [1.54, 1.807) is 0 Å². The Balaban J connectivity index is 0.000000621. The van der Waals surface area contributed by atoms with Gasteiger partial charge in [-0.25, -0.2) is 0 Å². The van der Waals surface area contributed by atoms with E-state index >= 15 is 0 Å². The predicted molar refractivity (Wildman–Crippen MR) is 201 cm³/mol. The highest BCUT2D eigenvalue weighted by molar-refractivity contribution is 7.34. The first-order chi connectivity index (χ1) is 21.4. The summed E-state index contributed by atoms with van der Waals surface area (Å²) < 4.78 is 19.1. The third-order valence-corrected chi connectivity index (χ3v) is 11.5. The summed E-state index contributed by atoms with van der Waals surface area (Å²) in [5.74, 6) is 0. The highest BCUT2D eigenvalue weighted by atomic mass is 31.1. The molecule has 1 spiro atoms. The zero-order chi connectivity index (χ0) is 32.5. The summed E-state index contributed by atoms with van der Waals surface area (Å²) in [7, 11) is 5.45. The van der Waals surface area contributed by atoms with Crippen LogP contribution in [0.1, 0.15) is 138 Å². The Morgan fingerprint density at radius 2 is 1.42 bits per heavy atom. The van der Waals surface area contributed by atoms with Crippen LogP contribution in [-0.2, 0) is 14.2 Å². The van der Waals surface area contributed by atoms with Crippen molar-refractivity contribution in [1.82, 2.24) is 14.5 Å². The van der Waals surface area contributed by atoms with Gasteiger partial charge in [-0.2, -0.15) is 0 Å². The molecule has 0 aromatic carbocycles. The minimum atomic E-state index is 0. The molecule has 0 radical (unpaired) electrons. The van der Waals surface area contributed by atoms with Gasteiger partial charge in [-0.05, 0) is 122 Å². The summed E-state index contributed by atoms with van der Waals surface area (Å²) in [5.41, 5.74) is 1.13. The molecule has 0 aromatic rings. The van der Waals surface area contributed by atoms with Gasteiger partial charge in [0.15, 0.2) is 0 Å². The van der Waals surface area contributed by atoms with E-state index in [9.17, 15) is 0 Å². The van der Waals surface area contributed by atoms with E-state index in [2.05, 4.69) is 56.0 Å². The van der Waals surface area contributed by atoms with Crippen LogP contribution in [0.2, 0.25) is 0 Å². The van der Waals surface area contributed by atoms with Gasteiger partial charge in [0, 0.05) is 58.8 Å². The van der Waals surface area contributed by atoms with Crippen molar-refractivity contribution in [3.8, 4) is 0 Å². The maximum atomic E-state index is 5.51. The number of hydrogen-bond donors (Lipinski definition) is 0. The first-order valence-electron chi connectivity index (χ1n) is 18.9. The lowest BCUT2D eigenvalue weighted by atomic mass is 9.75. The van der Waals surface area contributed by atoms with E-state index in [4.69, 9.17) is 14.2 Å². The maximum Gasteiger partial charge on any atom is 0.0481 e. The van der Waals surface area contributed by atoms with Crippen LogP contribution in [0.15, 0.2) is 0 Å². The Hall–Kier alpha value is 0.190. The smallest absolute Gasteiger partial charge is 0.0481 e. The second-order valence-electron chi connectivity index (χ2n) is 14.1. The van der Waals surface area contributed by atoms with Crippen molar-refractivity contribution in [1.29, 1.82) is 0 Å². The lowest BCUT2D eigenvalue weighted by molar-refractivity contribution is -0.0106. The average molecular weight is 660 g/mol. The fourth-order valence-electron chi connectivity index (χ4n) is 7.02. The van der Waals surface area contributed by atoms with Crippen molar-refractivity contribution in [2.24, 2.45) is 10.8 Å². The minimum absolute atomic E-state index is 0. The largest absolute Gasteiger partial charge is 0.381 e. The molecule has 4 saturated heterocycles. The molecule has 4 aliphatic rings. The van der Waals surface area contributed by atoms with E-state index in [0.29, 0.717) is 10.8 Å². The van der Waals surface area contributed by atoms with E-state index in [-0.39, 0.29) is 7.43 Å². The highest BCUT2D eigenvalue weighted by Gasteiger charge is 2.33. The summed E-state index contributed by atoms with van der Waals surface area (Å²) in [6.07, 6.45) is 20.0. The molecular formula is C38H82N3O3P. The van der Waals surface area contributed by atoms with Crippen LogP contribution in [0.3, 0.4) is 0 Å². The molecule has 0 saturated carbocycles. The third-order valence-electron chi connectivity index (χ3n) is 10.4. The molecule has 7 heteroatoms. The third kappa shape index (κ3) is 20.3. The van der Waals surface area contributed by atoms with Crippen LogP contribution in [-0.4, -0.2) is 114 Å². The van der Waals surface area contributed by atoms with Gasteiger partial charge < -0.3 is 24.0 Å². The Morgan fingerprint density at radius 1 is 0.778 bits per heavy atom. The summed E-state index contributed by atoms with van der Waals surface area (Å²) in [5, 5.41) is 0. The second-order valence-corrected chi connectivity index (χ2v) is 15.1. The molecule has 0 aromatic heterocycles. The summed E-state index contributed by atoms with van der Waals surface area (Å²) in [4.78, 5) is 4.93. The number of hydrogen-bond acceptors (Lipinski definition) is 6. The molecule has 4 aliphatic heterocycles. The maximum absolute atomic E-state index is 5.51. The lowest BCUT2D eigenvalue weighted by Crippen LogP contribution is -2.41. The number of ether oxygens (including phenoxy) is 3. The van der Waals surface area contributed by atoms with E-state index in [0.717, 1.165) is 61.0 Å². The summed E-state index contributed by atoms with van der Waals surface area (Å²) in [6.45, 7) is 25.4. The Bertz CT molecular complexity index is 636. The molecule has 6 nitrogen and oxygen atoms in total. The molecule has 2 unspecified atom stereocenters. The van der Waals surface area contributed by atoms with Crippen LogP contribution in [0.25, 0.3) is 0 Å². The van der Waals surface area contributed by atoms with Crippen molar-refractivity contribution < 1.29 is 14.2 Å². The first kappa shape index (κ1) is 45.2. The summed E-state index contributed by atoms with van der Waals surface area (Å²) in [6, 6.07) is 0.809.